The molecule has 0 atom stereocenters. The van der Waals surface area contributed by atoms with Crippen LogP contribution >= 0.6 is 0 Å². The van der Waals surface area contributed by atoms with Crippen LogP contribution in [0.25, 0.3) is 5.57 Å². The molecule has 1 aromatic rings. The zero-order chi connectivity index (χ0) is 12.8. The van der Waals surface area contributed by atoms with Crippen molar-refractivity contribution in [2.75, 3.05) is 13.2 Å². The molecule has 1 aromatic carbocycles. The van der Waals surface area contributed by atoms with Gasteiger partial charge in [0, 0.05) is 19.6 Å². The molecule has 96 valence electrons. The zero-order valence-corrected chi connectivity index (χ0v) is 11.1. The average molecular weight is 244 g/mol. The van der Waals surface area contributed by atoms with E-state index in [0.717, 1.165) is 6.42 Å². The van der Waals surface area contributed by atoms with E-state index in [1.807, 2.05) is 26.0 Å². The molecule has 0 amide bonds. The van der Waals surface area contributed by atoms with E-state index in [9.17, 15) is 0 Å². The Kier molecular flexibility index (Phi) is 4.34. The Hall–Kier alpha value is -1.38. The van der Waals surface area contributed by atoms with Gasteiger partial charge in [-0.05, 0) is 31.1 Å². The van der Waals surface area contributed by atoms with Crippen molar-refractivity contribution in [3.63, 3.8) is 0 Å². The van der Waals surface area contributed by atoms with Gasteiger partial charge >= 0.3 is 0 Å². The van der Waals surface area contributed by atoms with Gasteiger partial charge in [0.15, 0.2) is 5.79 Å². The minimum Gasteiger partial charge on any atom is -0.346 e. The van der Waals surface area contributed by atoms with Crippen LogP contribution in [0.4, 0.5) is 0 Å². The molecule has 0 bridgehead atoms. The van der Waals surface area contributed by atoms with Gasteiger partial charge in [-0.2, -0.15) is 0 Å². The molecule has 2 heteroatoms. The van der Waals surface area contributed by atoms with Gasteiger partial charge in [0.25, 0.3) is 0 Å². The first-order valence-corrected chi connectivity index (χ1v) is 6.52. The van der Waals surface area contributed by atoms with Crippen molar-refractivity contribution in [1.29, 1.82) is 0 Å². The minimum absolute atomic E-state index is 0.568. The van der Waals surface area contributed by atoms with E-state index in [1.165, 1.54) is 11.1 Å². The molecule has 0 N–H and O–H groups in total. The van der Waals surface area contributed by atoms with Crippen LogP contribution in [-0.2, 0) is 9.47 Å². The van der Waals surface area contributed by atoms with Crippen molar-refractivity contribution >= 4 is 5.57 Å². The lowest BCUT2D eigenvalue weighted by Gasteiger charge is -2.31. The Bertz CT molecular complexity index is 426. The fraction of sp³-hybridized carbons (Fsp3) is 0.375. The standard InChI is InChI=1S/C16H20O2/c1-3-17-16(18-4-2)12-10-15(11-13-16)14-8-6-5-7-9-14/h5-12H,3-4,13H2,1-2H3. The Morgan fingerprint density at radius 1 is 1.06 bits per heavy atom. The molecule has 0 saturated carbocycles. The lowest BCUT2D eigenvalue weighted by Crippen LogP contribution is -2.34. The van der Waals surface area contributed by atoms with Gasteiger partial charge in [-0.3, -0.25) is 0 Å². The molecule has 0 aliphatic heterocycles. The van der Waals surface area contributed by atoms with Gasteiger partial charge < -0.3 is 9.47 Å². The molecule has 1 aliphatic carbocycles. The maximum absolute atomic E-state index is 5.74. The SMILES string of the molecule is CCOC1(OCC)C=CC(c2ccccc2)=CC1. The summed E-state index contributed by atoms with van der Waals surface area (Å²) in [5.74, 6) is -0.568. The second kappa shape index (κ2) is 5.98. The van der Waals surface area contributed by atoms with E-state index in [-0.39, 0.29) is 0 Å². The van der Waals surface area contributed by atoms with Crippen LogP contribution in [0.3, 0.4) is 0 Å². The number of hydrogen-bond acceptors (Lipinski definition) is 2. The van der Waals surface area contributed by atoms with Gasteiger partial charge in [-0.15, -0.1) is 0 Å². The van der Waals surface area contributed by atoms with Crippen molar-refractivity contribution in [2.45, 2.75) is 26.1 Å². The molecule has 0 heterocycles. The summed E-state index contributed by atoms with van der Waals surface area (Å²) in [5, 5.41) is 0. The van der Waals surface area contributed by atoms with Gasteiger partial charge in [-0.1, -0.05) is 42.5 Å². The lowest BCUT2D eigenvalue weighted by atomic mass is 9.96. The summed E-state index contributed by atoms with van der Waals surface area (Å²) >= 11 is 0. The van der Waals surface area contributed by atoms with E-state index in [2.05, 4.69) is 36.4 Å². The lowest BCUT2D eigenvalue weighted by molar-refractivity contribution is -0.197. The van der Waals surface area contributed by atoms with Gasteiger partial charge in [0.2, 0.25) is 0 Å². The molecule has 0 fully saturated rings. The van der Waals surface area contributed by atoms with Crippen molar-refractivity contribution in [2.24, 2.45) is 0 Å². The molecule has 0 aromatic heterocycles. The van der Waals surface area contributed by atoms with Crippen LogP contribution in [0.2, 0.25) is 0 Å². The molecule has 0 radical (unpaired) electrons. The van der Waals surface area contributed by atoms with E-state index in [0.29, 0.717) is 13.2 Å². The summed E-state index contributed by atoms with van der Waals surface area (Å²) in [6.07, 6.45) is 7.06. The fourth-order valence-electron chi connectivity index (χ4n) is 2.19. The molecular formula is C16H20O2. The van der Waals surface area contributed by atoms with Crippen LogP contribution in [0.15, 0.2) is 48.6 Å². The van der Waals surface area contributed by atoms with Crippen LogP contribution in [0.5, 0.6) is 0 Å². The molecular weight excluding hydrogens is 224 g/mol. The number of hydrogen-bond donors (Lipinski definition) is 0. The molecule has 2 rings (SSSR count). The minimum atomic E-state index is -0.568. The van der Waals surface area contributed by atoms with Crippen molar-refractivity contribution in [3.05, 3.63) is 54.1 Å². The summed E-state index contributed by atoms with van der Waals surface area (Å²) in [5.41, 5.74) is 2.46. The third kappa shape index (κ3) is 2.89. The van der Waals surface area contributed by atoms with Gasteiger partial charge in [0.1, 0.15) is 0 Å². The highest BCUT2D eigenvalue weighted by Gasteiger charge is 2.29. The highest BCUT2D eigenvalue weighted by Crippen LogP contribution is 2.30. The second-order valence-corrected chi connectivity index (χ2v) is 4.24. The smallest absolute Gasteiger partial charge is 0.191 e. The van der Waals surface area contributed by atoms with Crippen LogP contribution in [0.1, 0.15) is 25.8 Å². The normalized spacial score (nSPS) is 17.6. The van der Waals surface area contributed by atoms with Crippen LogP contribution in [0, 0.1) is 0 Å². The van der Waals surface area contributed by atoms with E-state index >= 15 is 0 Å². The summed E-state index contributed by atoms with van der Waals surface area (Å²) < 4.78 is 11.5. The first-order valence-electron chi connectivity index (χ1n) is 6.52. The Morgan fingerprint density at radius 3 is 2.22 bits per heavy atom. The van der Waals surface area contributed by atoms with Crippen LogP contribution in [-0.4, -0.2) is 19.0 Å². The van der Waals surface area contributed by atoms with E-state index < -0.39 is 5.79 Å². The molecule has 0 spiro atoms. The average Bonchev–Trinajstić information content (AvgIpc) is 2.41. The third-order valence-corrected chi connectivity index (χ3v) is 3.01. The number of allylic oxidation sites excluding steroid dienone is 2. The molecule has 0 saturated heterocycles. The van der Waals surface area contributed by atoms with Gasteiger partial charge in [0.05, 0.1) is 0 Å². The predicted octanol–water partition coefficient (Wildman–Crippen LogP) is 3.80. The van der Waals surface area contributed by atoms with Crippen LogP contribution < -0.4 is 0 Å². The molecule has 0 unspecified atom stereocenters. The third-order valence-electron chi connectivity index (χ3n) is 3.01. The van der Waals surface area contributed by atoms with Crippen molar-refractivity contribution in [3.8, 4) is 0 Å². The number of rotatable bonds is 5. The summed E-state index contributed by atoms with van der Waals surface area (Å²) in [6.45, 7) is 5.29. The molecule has 18 heavy (non-hydrogen) atoms. The zero-order valence-electron chi connectivity index (χ0n) is 11.1. The molecule has 2 nitrogen and oxygen atoms in total. The monoisotopic (exact) mass is 244 g/mol. The number of benzene rings is 1. The fourth-order valence-corrected chi connectivity index (χ4v) is 2.19. The largest absolute Gasteiger partial charge is 0.346 e. The highest BCUT2D eigenvalue weighted by molar-refractivity contribution is 5.75. The van der Waals surface area contributed by atoms with Crippen molar-refractivity contribution < 1.29 is 9.47 Å². The van der Waals surface area contributed by atoms with Crippen molar-refractivity contribution in [1.82, 2.24) is 0 Å². The Balaban J connectivity index is 2.14. The maximum atomic E-state index is 5.74. The molecule has 1 aliphatic rings. The number of ether oxygens (including phenoxy) is 2. The highest BCUT2D eigenvalue weighted by atomic mass is 16.7. The quantitative estimate of drug-likeness (QED) is 0.733. The van der Waals surface area contributed by atoms with E-state index in [4.69, 9.17) is 9.47 Å². The summed E-state index contributed by atoms with van der Waals surface area (Å²) in [6, 6.07) is 10.4. The second-order valence-electron chi connectivity index (χ2n) is 4.24. The first-order chi connectivity index (χ1) is 8.79. The van der Waals surface area contributed by atoms with E-state index in [1.54, 1.807) is 0 Å². The maximum Gasteiger partial charge on any atom is 0.191 e. The Labute approximate surface area is 109 Å². The summed E-state index contributed by atoms with van der Waals surface area (Å²) in [7, 11) is 0. The Morgan fingerprint density at radius 2 is 1.72 bits per heavy atom. The predicted molar refractivity (Wildman–Crippen MR) is 74.2 cm³/mol. The summed E-state index contributed by atoms with van der Waals surface area (Å²) in [4.78, 5) is 0. The van der Waals surface area contributed by atoms with Gasteiger partial charge in [-0.25, -0.2) is 0 Å². The topological polar surface area (TPSA) is 18.5 Å². The first kappa shape index (κ1) is 13.1.